The first kappa shape index (κ1) is 24.6. The predicted molar refractivity (Wildman–Crippen MR) is 59.6 cm³/mol. The maximum atomic E-state index is 10.7. The van der Waals surface area contributed by atoms with Gasteiger partial charge >= 0.3 is 7.82 Å². The first-order chi connectivity index (χ1) is 7.19. The SMILES string of the molecule is O=C(CO)[C@@H](O)[C@H](O)[C@H](O)COP(=O)(O)O.[Na].[Na]. The van der Waals surface area contributed by atoms with Gasteiger partial charge in [-0.1, -0.05) is 0 Å². The second kappa shape index (κ2) is 11.3. The fourth-order valence-corrected chi connectivity index (χ4v) is 1.11. The zero-order valence-electron chi connectivity index (χ0n) is 10.0. The van der Waals surface area contributed by atoms with Gasteiger partial charge in [-0.3, -0.25) is 9.32 Å². The van der Waals surface area contributed by atoms with Crippen molar-refractivity contribution in [1.82, 2.24) is 0 Å². The fraction of sp³-hybridized carbons (Fsp3) is 0.833. The first-order valence-corrected chi connectivity index (χ1v) is 5.60. The number of phosphoric acid groups is 1. The van der Waals surface area contributed by atoms with Gasteiger partial charge in [0.15, 0.2) is 5.78 Å². The molecule has 0 aliphatic carbocycles. The maximum Gasteiger partial charge on any atom is 0.469 e. The van der Waals surface area contributed by atoms with Gasteiger partial charge in [-0.25, -0.2) is 4.57 Å². The number of carbonyl (C=O) groups is 1. The molecule has 0 aromatic carbocycles. The van der Waals surface area contributed by atoms with Crippen molar-refractivity contribution >= 4 is 72.7 Å². The molecule has 0 fully saturated rings. The van der Waals surface area contributed by atoms with Crippen LogP contribution in [-0.2, 0) is 13.9 Å². The van der Waals surface area contributed by atoms with Crippen LogP contribution < -0.4 is 0 Å². The van der Waals surface area contributed by atoms with Gasteiger partial charge in [0, 0.05) is 59.1 Å². The van der Waals surface area contributed by atoms with E-state index in [2.05, 4.69) is 4.52 Å². The Morgan fingerprint density at radius 2 is 1.61 bits per heavy atom. The van der Waals surface area contributed by atoms with Gasteiger partial charge in [0.1, 0.15) is 24.9 Å². The number of hydrogen-bond acceptors (Lipinski definition) is 7. The number of Topliss-reactive ketones (excluding diaryl/α,β-unsaturated/α-hetero) is 1. The molecule has 0 heterocycles. The Balaban J connectivity index is -0.00000112. The van der Waals surface area contributed by atoms with Crippen molar-refractivity contribution in [2.24, 2.45) is 0 Å². The van der Waals surface area contributed by atoms with Crippen LogP contribution in [0.5, 0.6) is 0 Å². The van der Waals surface area contributed by atoms with E-state index in [-0.39, 0.29) is 59.1 Å². The molecule has 0 aromatic rings. The number of aliphatic hydroxyl groups is 4. The van der Waals surface area contributed by atoms with Crippen LogP contribution in [0.3, 0.4) is 0 Å². The Labute approximate surface area is 147 Å². The number of aliphatic hydroxyl groups excluding tert-OH is 4. The summed E-state index contributed by atoms with van der Waals surface area (Å²) in [6, 6.07) is 0. The Morgan fingerprint density at radius 1 is 1.17 bits per heavy atom. The third-order valence-electron chi connectivity index (χ3n) is 1.62. The standard InChI is InChI=1S/C6H13O9P.2Na/c7-1-3(8)5(10)6(11)4(9)2-15-16(12,13)14;;/h4-7,9-11H,1-2H2,(H2,12,13,14);;/t4-,5-,6-;;/m1../s1. The van der Waals surface area contributed by atoms with Gasteiger partial charge in [-0.05, 0) is 0 Å². The van der Waals surface area contributed by atoms with E-state index in [1.165, 1.54) is 0 Å². The molecule has 18 heavy (non-hydrogen) atoms. The minimum absolute atomic E-state index is 0. The average molecular weight is 306 g/mol. The zero-order chi connectivity index (χ0) is 12.9. The summed E-state index contributed by atoms with van der Waals surface area (Å²) in [5, 5.41) is 35.6. The summed E-state index contributed by atoms with van der Waals surface area (Å²) >= 11 is 0. The summed E-state index contributed by atoms with van der Waals surface area (Å²) in [7, 11) is -4.81. The largest absolute Gasteiger partial charge is 0.469 e. The molecule has 3 atom stereocenters. The van der Waals surface area contributed by atoms with E-state index in [4.69, 9.17) is 30.2 Å². The number of phosphoric ester groups is 1. The fourth-order valence-electron chi connectivity index (χ4n) is 0.766. The summed E-state index contributed by atoms with van der Waals surface area (Å²) in [6.07, 6.45) is -5.94. The molecule has 98 valence electrons. The first-order valence-electron chi connectivity index (χ1n) is 4.07. The van der Waals surface area contributed by atoms with Crippen LogP contribution in [0.15, 0.2) is 0 Å². The third-order valence-corrected chi connectivity index (χ3v) is 2.10. The molecule has 0 aliphatic heterocycles. The van der Waals surface area contributed by atoms with Gasteiger partial charge < -0.3 is 30.2 Å². The van der Waals surface area contributed by atoms with Crippen molar-refractivity contribution < 1.29 is 44.1 Å². The van der Waals surface area contributed by atoms with Crippen molar-refractivity contribution in [1.29, 1.82) is 0 Å². The van der Waals surface area contributed by atoms with Gasteiger partial charge in [0.25, 0.3) is 0 Å². The van der Waals surface area contributed by atoms with Crippen molar-refractivity contribution in [3.63, 3.8) is 0 Å². The Hall–Kier alpha value is 1.62. The summed E-state index contributed by atoms with van der Waals surface area (Å²) in [4.78, 5) is 27.2. The maximum absolute atomic E-state index is 10.7. The number of hydrogen-bond donors (Lipinski definition) is 6. The van der Waals surface area contributed by atoms with E-state index in [1.807, 2.05) is 0 Å². The molecule has 12 heteroatoms. The molecule has 0 saturated heterocycles. The van der Waals surface area contributed by atoms with Crippen LogP contribution in [0, 0.1) is 0 Å². The number of rotatable bonds is 7. The van der Waals surface area contributed by atoms with Crippen molar-refractivity contribution in [3.05, 3.63) is 0 Å². The van der Waals surface area contributed by atoms with Crippen LogP contribution >= 0.6 is 7.82 Å². The number of carbonyl (C=O) groups excluding carboxylic acids is 1. The van der Waals surface area contributed by atoms with Crippen LogP contribution in [0.4, 0.5) is 0 Å². The van der Waals surface area contributed by atoms with Gasteiger partial charge in [-0.2, -0.15) is 0 Å². The molecular formula is C6H13Na2O9P. The van der Waals surface area contributed by atoms with E-state index in [1.54, 1.807) is 0 Å². The average Bonchev–Trinajstić information content (AvgIpc) is 2.21. The molecule has 0 aliphatic rings. The second-order valence-corrected chi connectivity index (χ2v) is 4.15. The minimum atomic E-state index is -4.81. The van der Waals surface area contributed by atoms with Crippen molar-refractivity contribution in [2.45, 2.75) is 18.3 Å². The molecule has 0 bridgehead atoms. The topological polar surface area (TPSA) is 165 Å². The van der Waals surface area contributed by atoms with E-state index in [0.29, 0.717) is 0 Å². The summed E-state index contributed by atoms with van der Waals surface area (Å²) in [5.41, 5.74) is 0. The molecule has 9 nitrogen and oxygen atoms in total. The quantitative estimate of drug-likeness (QED) is 0.203. The Kier molecular flexibility index (Phi) is 15.5. The molecule has 0 aromatic heterocycles. The van der Waals surface area contributed by atoms with Gasteiger partial charge in [-0.15, -0.1) is 0 Å². The molecular weight excluding hydrogens is 293 g/mol. The minimum Gasteiger partial charge on any atom is -0.388 e. The zero-order valence-corrected chi connectivity index (χ0v) is 14.9. The Bertz CT molecular complexity index is 282. The number of ketones is 1. The molecule has 0 unspecified atom stereocenters. The molecule has 0 rings (SSSR count). The van der Waals surface area contributed by atoms with Crippen LogP contribution in [0.1, 0.15) is 0 Å². The van der Waals surface area contributed by atoms with E-state index >= 15 is 0 Å². The predicted octanol–water partition coefficient (Wildman–Crippen LogP) is -4.02. The smallest absolute Gasteiger partial charge is 0.388 e. The van der Waals surface area contributed by atoms with E-state index in [9.17, 15) is 9.36 Å². The molecule has 2 radical (unpaired) electrons. The van der Waals surface area contributed by atoms with Crippen LogP contribution in [0.25, 0.3) is 0 Å². The second-order valence-electron chi connectivity index (χ2n) is 2.91. The normalized spacial score (nSPS) is 15.9. The third kappa shape index (κ3) is 10.4. The molecule has 0 amide bonds. The summed E-state index contributed by atoms with van der Waals surface area (Å²) in [5.74, 6) is -1.14. The molecule has 0 saturated carbocycles. The monoisotopic (exact) mass is 306 g/mol. The van der Waals surface area contributed by atoms with Crippen LogP contribution in [0.2, 0.25) is 0 Å². The van der Waals surface area contributed by atoms with E-state index < -0.39 is 45.1 Å². The van der Waals surface area contributed by atoms with Gasteiger partial charge in [0.2, 0.25) is 0 Å². The molecule has 6 N–H and O–H groups in total. The molecule has 0 spiro atoms. The van der Waals surface area contributed by atoms with Crippen molar-refractivity contribution in [2.75, 3.05) is 13.2 Å². The van der Waals surface area contributed by atoms with Gasteiger partial charge in [0.05, 0.1) is 6.61 Å². The Morgan fingerprint density at radius 3 is 1.94 bits per heavy atom. The van der Waals surface area contributed by atoms with Crippen LogP contribution in [-0.4, -0.2) is 127 Å². The van der Waals surface area contributed by atoms with Crippen molar-refractivity contribution in [3.8, 4) is 0 Å². The summed E-state index contributed by atoms with van der Waals surface area (Å²) in [6.45, 7) is -2.01. The summed E-state index contributed by atoms with van der Waals surface area (Å²) < 4.78 is 14.1. The van der Waals surface area contributed by atoms with E-state index in [0.717, 1.165) is 0 Å².